The standard InChI is InChI=1S/C16H21NO2S/c1-3-13(17)9-12-6-7-14(18-2)10-16(12)19-11-15-5-4-8-20-15/h4-8,10,13H,3,9,11,17H2,1-2H3. The number of thiophene rings is 1. The van der Waals surface area contributed by atoms with Crippen LogP contribution in [0, 0.1) is 0 Å². The van der Waals surface area contributed by atoms with E-state index in [2.05, 4.69) is 18.4 Å². The molecule has 20 heavy (non-hydrogen) atoms. The molecule has 0 aliphatic heterocycles. The first-order chi connectivity index (χ1) is 9.72. The fourth-order valence-electron chi connectivity index (χ4n) is 1.94. The van der Waals surface area contributed by atoms with Gasteiger partial charge in [-0.1, -0.05) is 19.1 Å². The predicted octanol–water partition coefficient (Wildman–Crippen LogP) is 3.62. The van der Waals surface area contributed by atoms with Crippen molar-refractivity contribution in [3.63, 3.8) is 0 Å². The van der Waals surface area contributed by atoms with Crippen LogP contribution in [0.15, 0.2) is 35.7 Å². The van der Waals surface area contributed by atoms with Crippen LogP contribution in [0.2, 0.25) is 0 Å². The van der Waals surface area contributed by atoms with Crippen LogP contribution < -0.4 is 15.2 Å². The molecule has 0 bridgehead atoms. The van der Waals surface area contributed by atoms with Gasteiger partial charge in [-0.15, -0.1) is 11.3 Å². The summed E-state index contributed by atoms with van der Waals surface area (Å²) in [6.45, 7) is 2.68. The Labute approximate surface area is 124 Å². The van der Waals surface area contributed by atoms with Crippen LogP contribution >= 0.6 is 11.3 Å². The number of rotatable bonds is 7. The highest BCUT2D eigenvalue weighted by Gasteiger charge is 2.10. The van der Waals surface area contributed by atoms with Gasteiger partial charge in [0.05, 0.1) is 7.11 Å². The first kappa shape index (κ1) is 14.9. The average molecular weight is 291 g/mol. The van der Waals surface area contributed by atoms with Crippen LogP contribution in [-0.2, 0) is 13.0 Å². The van der Waals surface area contributed by atoms with E-state index < -0.39 is 0 Å². The SMILES string of the molecule is CCC(N)Cc1ccc(OC)cc1OCc1cccs1. The lowest BCUT2D eigenvalue weighted by Gasteiger charge is -2.15. The molecule has 4 heteroatoms. The second-order valence-electron chi connectivity index (χ2n) is 4.71. The second-order valence-corrected chi connectivity index (χ2v) is 5.75. The molecule has 2 aromatic rings. The lowest BCUT2D eigenvalue weighted by atomic mass is 10.0. The number of hydrogen-bond donors (Lipinski definition) is 1. The van der Waals surface area contributed by atoms with Gasteiger partial charge in [-0.25, -0.2) is 0 Å². The third-order valence-corrected chi connectivity index (χ3v) is 4.08. The smallest absolute Gasteiger partial charge is 0.126 e. The molecule has 1 atom stereocenters. The third kappa shape index (κ3) is 3.99. The van der Waals surface area contributed by atoms with Crippen molar-refractivity contribution in [2.75, 3.05) is 7.11 Å². The van der Waals surface area contributed by atoms with E-state index >= 15 is 0 Å². The van der Waals surface area contributed by atoms with Crippen molar-refractivity contribution in [2.45, 2.75) is 32.4 Å². The minimum absolute atomic E-state index is 0.160. The van der Waals surface area contributed by atoms with E-state index in [0.717, 1.165) is 29.9 Å². The molecule has 1 aromatic heterocycles. The topological polar surface area (TPSA) is 44.5 Å². The van der Waals surface area contributed by atoms with Crippen LogP contribution in [0.4, 0.5) is 0 Å². The van der Waals surface area contributed by atoms with Gasteiger partial charge in [0, 0.05) is 17.0 Å². The summed E-state index contributed by atoms with van der Waals surface area (Å²) in [6.07, 6.45) is 1.77. The number of hydrogen-bond acceptors (Lipinski definition) is 4. The van der Waals surface area contributed by atoms with Crippen molar-refractivity contribution in [1.82, 2.24) is 0 Å². The number of nitrogens with two attached hydrogens (primary N) is 1. The van der Waals surface area contributed by atoms with E-state index in [1.165, 1.54) is 4.88 Å². The molecule has 0 fully saturated rings. The molecule has 0 spiro atoms. The minimum Gasteiger partial charge on any atom is -0.497 e. The molecule has 1 heterocycles. The summed E-state index contributed by atoms with van der Waals surface area (Å²) < 4.78 is 11.2. The number of methoxy groups -OCH3 is 1. The highest BCUT2D eigenvalue weighted by molar-refractivity contribution is 7.09. The molecule has 0 aliphatic carbocycles. The molecule has 0 aliphatic rings. The third-order valence-electron chi connectivity index (χ3n) is 3.23. The van der Waals surface area contributed by atoms with Crippen molar-refractivity contribution in [3.05, 3.63) is 46.2 Å². The van der Waals surface area contributed by atoms with Crippen molar-refractivity contribution >= 4 is 11.3 Å². The normalized spacial score (nSPS) is 12.2. The number of ether oxygens (including phenoxy) is 2. The Bertz CT molecular complexity index is 525. The van der Waals surface area contributed by atoms with E-state index in [9.17, 15) is 0 Å². The molecular weight excluding hydrogens is 270 g/mol. The molecule has 2 rings (SSSR count). The zero-order valence-corrected chi connectivity index (χ0v) is 12.8. The molecule has 1 unspecified atom stereocenters. The quantitative estimate of drug-likeness (QED) is 0.847. The summed E-state index contributed by atoms with van der Waals surface area (Å²) in [6, 6.07) is 10.2. The Morgan fingerprint density at radius 2 is 2.15 bits per heavy atom. The van der Waals surface area contributed by atoms with Crippen molar-refractivity contribution < 1.29 is 9.47 Å². The predicted molar refractivity (Wildman–Crippen MR) is 83.6 cm³/mol. The monoisotopic (exact) mass is 291 g/mol. The Morgan fingerprint density at radius 3 is 2.80 bits per heavy atom. The summed E-state index contributed by atoms with van der Waals surface area (Å²) in [7, 11) is 1.66. The van der Waals surface area contributed by atoms with Gasteiger partial charge in [-0.05, 0) is 35.9 Å². The van der Waals surface area contributed by atoms with Crippen LogP contribution in [-0.4, -0.2) is 13.2 Å². The maximum Gasteiger partial charge on any atom is 0.126 e. The molecule has 0 saturated heterocycles. The van der Waals surface area contributed by atoms with E-state index in [1.807, 2.05) is 24.3 Å². The highest BCUT2D eigenvalue weighted by atomic mass is 32.1. The molecule has 0 amide bonds. The second kappa shape index (κ2) is 7.31. The molecule has 0 radical (unpaired) electrons. The summed E-state index contributed by atoms with van der Waals surface area (Å²) in [4.78, 5) is 1.21. The Hall–Kier alpha value is -1.52. The van der Waals surface area contributed by atoms with Gasteiger partial charge in [-0.3, -0.25) is 0 Å². The van der Waals surface area contributed by atoms with Crippen LogP contribution in [0.1, 0.15) is 23.8 Å². The van der Waals surface area contributed by atoms with E-state index in [4.69, 9.17) is 15.2 Å². The fourth-order valence-corrected chi connectivity index (χ4v) is 2.55. The van der Waals surface area contributed by atoms with Gasteiger partial charge in [-0.2, -0.15) is 0 Å². The van der Waals surface area contributed by atoms with Gasteiger partial charge in [0.1, 0.15) is 18.1 Å². The lowest BCUT2D eigenvalue weighted by molar-refractivity contribution is 0.303. The molecular formula is C16H21NO2S. The van der Waals surface area contributed by atoms with E-state index in [0.29, 0.717) is 6.61 Å². The van der Waals surface area contributed by atoms with Crippen LogP contribution in [0.3, 0.4) is 0 Å². The summed E-state index contributed by atoms with van der Waals surface area (Å²) in [5.74, 6) is 1.67. The van der Waals surface area contributed by atoms with Crippen molar-refractivity contribution in [3.8, 4) is 11.5 Å². The zero-order valence-electron chi connectivity index (χ0n) is 12.0. The van der Waals surface area contributed by atoms with E-state index in [1.54, 1.807) is 18.4 Å². The summed E-state index contributed by atoms with van der Waals surface area (Å²) >= 11 is 1.70. The summed E-state index contributed by atoms with van der Waals surface area (Å²) in [5, 5.41) is 2.05. The van der Waals surface area contributed by atoms with Crippen LogP contribution in [0.25, 0.3) is 0 Å². The molecule has 108 valence electrons. The Balaban J connectivity index is 2.13. The molecule has 0 saturated carbocycles. The fraction of sp³-hybridized carbons (Fsp3) is 0.375. The highest BCUT2D eigenvalue weighted by Crippen LogP contribution is 2.27. The lowest BCUT2D eigenvalue weighted by Crippen LogP contribution is -2.21. The maximum atomic E-state index is 6.05. The zero-order chi connectivity index (χ0) is 14.4. The number of benzene rings is 1. The Kier molecular flexibility index (Phi) is 5.44. The minimum atomic E-state index is 0.160. The van der Waals surface area contributed by atoms with Crippen molar-refractivity contribution in [2.24, 2.45) is 5.73 Å². The van der Waals surface area contributed by atoms with Crippen molar-refractivity contribution in [1.29, 1.82) is 0 Å². The van der Waals surface area contributed by atoms with E-state index in [-0.39, 0.29) is 6.04 Å². The first-order valence-electron chi connectivity index (χ1n) is 6.80. The largest absolute Gasteiger partial charge is 0.497 e. The first-order valence-corrected chi connectivity index (χ1v) is 7.68. The molecule has 3 nitrogen and oxygen atoms in total. The maximum absolute atomic E-state index is 6.05. The summed E-state index contributed by atoms with van der Waals surface area (Å²) in [5.41, 5.74) is 7.19. The van der Waals surface area contributed by atoms with Gasteiger partial charge in [0.15, 0.2) is 0 Å². The molecule has 2 N–H and O–H groups in total. The van der Waals surface area contributed by atoms with Gasteiger partial charge >= 0.3 is 0 Å². The van der Waals surface area contributed by atoms with Gasteiger partial charge in [0.25, 0.3) is 0 Å². The van der Waals surface area contributed by atoms with Gasteiger partial charge in [0.2, 0.25) is 0 Å². The van der Waals surface area contributed by atoms with Crippen LogP contribution in [0.5, 0.6) is 11.5 Å². The average Bonchev–Trinajstić information content (AvgIpc) is 2.99. The molecule has 1 aromatic carbocycles. The Morgan fingerprint density at radius 1 is 1.30 bits per heavy atom. The van der Waals surface area contributed by atoms with Gasteiger partial charge < -0.3 is 15.2 Å².